The van der Waals surface area contributed by atoms with E-state index >= 15 is 0 Å². The Morgan fingerprint density at radius 1 is 1.06 bits per heavy atom. The van der Waals surface area contributed by atoms with E-state index in [-0.39, 0.29) is 30.3 Å². The summed E-state index contributed by atoms with van der Waals surface area (Å²) in [5.74, 6) is 1.94. The van der Waals surface area contributed by atoms with Crippen LogP contribution in [0, 0.1) is 0 Å². The van der Waals surface area contributed by atoms with Gasteiger partial charge in [-0.3, -0.25) is 10.0 Å². The minimum absolute atomic E-state index is 0. The van der Waals surface area contributed by atoms with Crippen LogP contribution >= 0.6 is 12.4 Å². The lowest BCUT2D eigenvalue weighted by Gasteiger charge is -2.25. The molecule has 0 saturated carbocycles. The maximum absolute atomic E-state index is 13.0. The molecule has 184 valence electrons. The highest BCUT2D eigenvalue weighted by atomic mass is 35.5. The number of carbonyl (C=O) groups is 1. The van der Waals surface area contributed by atoms with Crippen molar-refractivity contribution in [2.75, 3.05) is 6.54 Å². The molecular weight excluding hydrogens is 496 g/mol. The molecule has 2 aromatic carbocycles. The first-order valence-corrected chi connectivity index (χ1v) is 11.7. The van der Waals surface area contributed by atoms with E-state index in [2.05, 4.69) is 4.98 Å². The van der Waals surface area contributed by atoms with Gasteiger partial charge in [0.2, 0.25) is 16.4 Å². The Morgan fingerprint density at radius 3 is 2.31 bits per heavy atom. The van der Waals surface area contributed by atoms with E-state index in [1.807, 2.05) is 41.1 Å². The first kappa shape index (κ1) is 26.0. The van der Waals surface area contributed by atoms with Crippen molar-refractivity contribution < 1.29 is 27.6 Å². The lowest BCUT2D eigenvalue weighted by atomic mass is 10.1. The standard InChI is InChI=1S/C22H19N3O4S.CH3NO2.ClH/c26-30(27,25-12-9-17-10-14-28-22(17)15-25)21-7-5-20(6-8-21)29-19-3-1-18(2-4-19)24-13-11-23-16-24;3-1-2-4;/h1-8,10-11,13-14,16H,9,12,15H2;1,4H,(H,2,3);1H. The van der Waals surface area contributed by atoms with Crippen molar-refractivity contribution in [3.63, 3.8) is 0 Å². The van der Waals surface area contributed by atoms with Crippen molar-refractivity contribution in [1.29, 1.82) is 0 Å². The highest BCUT2D eigenvalue weighted by molar-refractivity contribution is 7.89. The van der Waals surface area contributed by atoms with Gasteiger partial charge in [-0.1, -0.05) is 0 Å². The summed E-state index contributed by atoms with van der Waals surface area (Å²) in [6.45, 7) is 0.697. The predicted octanol–water partition coefficient (Wildman–Crippen LogP) is 3.55. The van der Waals surface area contributed by atoms with Crippen LogP contribution in [0.25, 0.3) is 5.69 Å². The molecule has 0 bridgehead atoms. The topological polar surface area (TPSA) is 127 Å². The van der Waals surface area contributed by atoms with Crippen molar-refractivity contribution >= 4 is 28.8 Å². The van der Waals surface area contributed by atoms with Crippen LogP contribution < -0.4 is 10.2 Å². The Morgan fingerprint density at radius 2 is 1.71 bits per heavy atom. The summed E-state index contributed by atoms with van der Waals surface area (Å²) in [7, 11) is -3.59. The number of nitrogens with zero attached hydrogens (tertiary/aromatic N) is 3. The Bertz CT molecular complexity index is 1320. The lowest BCUT2D eigenvalue weighted by Crippen LogP contribution is -2.35. The summed E-state index contributed by atoms with van der Waals surface area (Å²) in [5, 5.41) is 7.26. The molecule has 3 heterocycles. The van der Waals surface area contributed by atoms with E-state index in [0.29, 0.717) is 30.2 Å². The number of carbonyl (C=O) groups excluding carboxylic acids is 1. The molecule has 10 nitrogen and oxygen atoms in total. The van der Waals surface area contributed by atoms with Gasteiger partial charge in [-0.05, 0) is 66.6 Å². The van der Waals surface area contributed by atoms with Gasteiger partial charge < -0.3 is 13.7 Å². The Balaban J connectivity index is 0.000000638. The van der Waals surface area contributed by atoms with Crippen LogP contribution in [-0.4, -0.2) is 40.4 Å². The lowest BCUT2D eigenvalue weighted by molar-refractivity contribution is -0.116. The fourth-order valence-electron chi connectivity index (χ4n) is 3.48. The monoisotopic (exact) mass is 518 g/mol. The van der Waals surface area contributed by atoms with Crippen LogP contribution in [0.5, 0.6) is 11.5 Å². The number of furan rings is 1. The van der Waals surface area contributed by atoms with Crippen LogP contribution in [0.3, 0.4) is 0 Å². The SMILES string of the molecule is Cl.O=CNO.O=S(=O)(c1ccc(Oc2ccc(-n3ccnc3)cc2)cc1)N1CCc2ccoc2C1. The van der Waals surface area contributed by atoms with E-state index in [1.54, 1.807) is 43.1 Å². The molecule has 0 aliphatic carbocycles. The van der Waals surface area contributed by atoms with Crippen molar-refractivity contribution in [1.82, 2.24) is 19.3 Å². The second-order valence-electron chi connectivity index (χ2n) is 7.24. The van der Waals surface area contributed by atoms with E-state index in [1.165, 1.54) is 9.79 Å². The molecule has 12 heteroatoms. The normalized spacial score (nSPS) is 12.9. The van der Waals surface area contributed by atoms with Gasteiger partial charge in [-0.15, -0.1) is 12.4 Å². The summed E-state index contributed by atoms with van der Waals surface area (Å²) in [6.07, 6.45) is 7.75. The van der Waals surface area contributed by atoms with Crippen molar-refractivity contribution in [3.8, 4) is 17.2 Å². The number of hydroxylamine groups is 1. The highest BCUT2D eigenvalue weighted by Gasteiger charge is 2.29. The summed E-state index contributed by atoms with van der Waals surface area (Å²) in [6, 6.07) is 15.9. The highest BCUT2D eigenvalue weighted by Crippen LogP contribution is 2.28. The second-order valence-corrected chi connectivity index (χ2v) is 9.18. The number of nitrogens with one attached hydrogen (secondary N) is 1. The van der Waals surface area contributed by atoms with Crippen LogP contribution in [0.15, 0.2) is 88.9 Å². The van der Waals surface area contributed by atoms with Crippen molar-refractivity contribution in [3.05, 3.63) is 90.9 Å². The first-order chi connectivity index (χ1) is 16.5. The molecule has 0 atom stereocenters. The largest absolute Gasteiger partial charge is 0.468 e. The molecule has 0 unspecified atom stereocenters. The molecule has 1 aliphatic rings. The maximum Gasteiger partial charge on any atom is 0.243 e. The first-order valence-electron chi connectivity index (χ1n) is 10.3. The number of benzene rings is 2. The average Bonchev–Trinajstić information content (AvgIpc) is 3.57. The average molecular weight is 519 g/mol. The number of rotatable bonds is 6. The van der Waals surface area contributed by atoms with E-state index in [9.17, 15) is 8.42 Å². The fraction of sp³-hybridized carbons (Fsp3) is 0.130. The number of hydrogen-bond donors (Lipinski definition) is 2. The molecule has 2 aromatic heterocycles. The van der Waals surface area contributed by atoms with E-state index < -0.39 is 10.0 Å². The third-order valence-corrected chi connectivity index (χ3v) is 7.04. The molecule has 0 spiro atoms. The molecule has 2 N–H and O–H groups in total. The number of fused-ring (bicyclic) bond motifs is 1. The molecule has 1 amide bonds. The zero-order valence-corrected chi connectivity index (χ0v) is 20.0. The Labute approximate surface area is 208 Å². The third kappa shape index (κ3) is 6.08. The minimum atomic E-state index is -3.59. The zero-order valence-electron chi connectivity index (χ0n) is 18.4. The number of amides is 1. The predicted molar refractivity (Wildman–Crippen MR) is 128 cm³/mol. The van der Waals surface area contributed by atoms with Gasteiger partial charge in [0.15, 0.2) is 0 Å². The Hall–Kier alpha value is -3.64. The Kier molecular flexibility index (Phi) is 8.66. The molecule has 0 radical (unpaired) electrons. The molecule has 1 aliphatic heterocycles. The van der Waals surface area contributed by atoms with Gasteiger partial charge in [0.05, 0.1) is 24.0 Å². The second kappa shape index (κ2) is 11.7. The zero-order chi connectivity index (χ0) is 24.0. The van der Waals surface area contributed by atoms with Gasteiger partial charge in [-0.2, -0.15) is 4.31 Å². The molecule has 35 heavy (non-hydrogen) atoms. The summed E-state index contributed by atoms with van der Waals surface area (Å²) < 4.78 is 40.6. The molecule has 5 rings (SSSR count). The smallest absolute Gasteiger partial charge is 0.243 e. The van der Waals surface area contributed by atoms with Crippen LogP contribution in [0.4, 0.5) is 0 Å². The fourth-order valence-corrected chi connectivity index (χ4v) is 4.88. The molecule has 4 aromatic rings. The van der Waals surface area contributed by atoms with Crippen LogP contribution in [0.1, 0.15) is 11.3 Å². The number of aromatic nitrogens is 2. The number of sulfonamides is 1. The van der Waals surface area contributed by atoms with Gasteiger partial charge in [0.1, 0.15) is 17.3 Å². The van der Waals surface area contributed by atoms with Crippen LogP contribution in [0.2, 0.25) is 0 Å². The quantitative estimate of drug-likeness (QED) is 0.227. The van der Waals surface area contributed by atoms with Gasteiger partial charge in [-0.25, -0.2) is 18.9 Å². The van der Waals surface area contributed by atoms with Crippen molar-refractivity contribution in [2.45, 2.75) is 17.9 Å². The van der Waals surface area contributed by atoms with Gasteiger partial charge in [0, 0.05) is 24.6 Å². The maximum atomic E-state index is 13.0. The molecular formula is C23H23ClN4O6S. The number of halogens is 1. The van der Waals surface area contributed by atoms with Crippen LogP contribution in [-0.2, 0) is 27.8 Å². The van der Waals surface area contributed by atoms with Gasteiger partial charge >= 0.3 is 0 Å². The summed E-state index contributed by atoms with van der Waals surface area (Å²) >= 11 is 0. The summed E-state index contributed by atoms with van der Waals surface area (Å²) in [5.41, 5.74) is 3.30. The van der Waals surface area contributed by atoms with Crippen molar-refractivity contribution in [2.24, 2.45) is 0 Å². The third-order valence-electron chi connectivity index (χ3n) is 5.18. The van der Waals surface area contributed by atoms with E-state index in [0.717, 1.165) is 11.3 Å². The van der Waals surface area contributed by atoms with E-state index in [4.69, 9.17) is 19.2 Å². The summed E-state index contributed by atoms with van der Waals surface area (Å²) in [4.78, 5) is 13.1. The number of imidazole rings is 1. The number of ether oxygens (including phenoxy) is 1. The van der Waals surface area contributed by atoms with Gasteiger partial charge in [0.25, 0.3) is 0 Å². The molecule has 0 fully saturated rings. The minimum Gasteiger partial charge on any atom is -0.468 e. The molecule has 0 saturated heterocycles. The number of hydrogen-bond acceptors (Lipinski definition) is 7.